The number of aromatic hydroxyl groups is 1. The molecular weight excluding hydrogens is 342 g/mol. The number of benzene rings is 2. The van der Waals surface area contributed by atoms with Crippen LogP contribution in [0.15, 0.2) is 54.1 Å². The smallest absolute Gasteiger partial charge is 0.123 e. The molecule has 0 aliphatic heterocycles. The van der Waals surface area contributed by atoms with Crippen LogP contribution >= 0.6 is 0 Å². The fourth-order valence-electron chi connectivity index (χ4n) is 4.33. The van der Waals surface area contributed by atoms with Crippen LogP contribution in [-0.4, -0.2) is 30.6 Å². The molecule has 2 heteroatoms. The Balaban J connectivity index is 2.01. The van der Waals surface area contributed by atoms with E-state index in [0.717, 1.165) is 24.9 Å². The average Bonchev–Trinajstić information content (AvgIpc) is 2.84. The van der Waals surface area contributed by atoms with Crippen molar-refractivity contribution >= 4 is 5.57 Å². The zero-order valence-electron chi connectivity index (χ0n) is 18.1. The Kier molecular flexibility index (Phi) is 6.30. The molecule has 0 bridgehead atoms. The molecule has 2 aromatic rings. The van der Waals surface area contributed by atoms with Gasteiger partial charge < -0.3 is 10.0 Å². The molecule has 0 fully saturated rings. The van der Waals surface area contributed by atoms with Crippen molar-refractivity contribution in [3.05, 3.63) is 70.8 Å². The minimum Gasteiger partial charge on any atom is -0.507 e. The molecule has 0 saturated heterocycles. The molecule has 2 aromatic carbocycles. The lowest BCUT2D eigenvalue weighted by Crippen LogP contribution is -2.16. The third kappa shape index (κ3) is 4.86. The van der Waals surface area contributed by atoms with Gasteiger partial charge in [-0.2, -0.15) is 0 Å². The number of para-hydroxylation sites is 1. The van der Waals surface area contributed by atoms with Gasteiger partial charge in [0, 0.05) is 12.1 Å². The number of phenols is 1. The second-order valence-electron chi connectivity index (χ2n) is 9.51. The lowest BCUT2D eigenvalue weighted by Gasteiger charge is -2.24. The Morgan fingerprint density at radius 2 is 1.79 bits per heavy atom. The van der Waals surface area contributed by atoms with Gasteiger partial charge in [-0.25, -0.2) is 0 Å². The topological polar surface area (TPSA) is 23.5 Å². The molecule has 28 heavy (non-hydrogen) atoms. The molecule has 0 heterocycles. The first-order valence-electron chi connectivity index (χ1n) is 10.5. The summed E-state index contributed by atoms with van der Waals surface area (Å²) in [4.78, 5) is 2.25. The molecule has 1 unspecified atom stereocenters. The fourth-order valence-corrected chi connectivity index (χ4v) is 4.33. The Morgan fingerprint density at radius 3 is 2.46 bits per heavy atom. The van der Waals surface area contributed by atoms with Gasteiger partial charge in [0.15, 0.2) is 0 Å². The number of allylic oxidation sites excluding steroid dienone is 1. The second kappa shape index (κ2) is 8.53. The number of rotatable bonds is 4. The van der Waals surface area contributed by atoms with Crippen LogP contribution in [0.3, 0.4) is 0 Å². The molecule has 0 amide bonds. The van der Waals surface area contributed by atoms with Crippen molar-refractivity contribution in [2.45, 2.75) is 57.8 Å². The average molecular weight is 378 g/mol. The van der Waals surface area contributed by atoms with Crippen LogP contribution in [0, 0.1) is 0 Å². The molecule has 0 spiro atoms. The highest BCUT2D eigenvalue weighted by Gasteiger charge is 2.24. The van der Waals surface area contributed by atoms with Gasteiger partial charge in [-0.05, 0) is 73.9 Å². The van der Waals surface area contributed by atoms with E-state index in [0.29, 0.717) is 11.7 Å². The van der Waals surface area contributed by atoms with Crippen LogP contribution in [0.4, 0.5) is 0 Å². The Bertz CT molecular complexity index is 842. The zero-order chi connectivity index (χ0) is 20.3. The standard InChI is InChI=1S/C26H35NO/c1-26(2,3)22-13-9-11-19(16-22)20-10-8-12-21(18-27(4)5)24(17-20)23-14-6-7-15-25(23)28/h6-7,9,11,13-16,20,28H,8,10,12,17-18H2,1-5H3. The van der Waals surface area contributed by atoms with Gasteiger partial charge in [-0.3, -0.25) is 0 Å². The number of hydrogen-bond donors (Lipinski definition) is 1. The molecule has 150 valence electrons. The molecule has 3 rings (SSSR count). The quantitative estimate of drug-likeness (QED) is 0.670. The fraction of sp³-hybridized carbons (Fsp3) is 0.462. The predicted molar refractivity (Wildman–Crippen MR) is 120 cm³/mol. The van der Waals surface area contributed by atoms with Crippen molar-refractivity contribution in [1.82, 2.24) is 4.90 Å². The number of phenolic OH excluding ortho intramolecular Hbond substituents is 1. The Morgan fingerprint density at radius 1 is 1.04 bits per heavy atom. The second-order valence-corrected chi connectivity index (χ2v) is 9.51. The van der Waals surface area contributed by atoms with E-state index in [-0.39, 0.29) is 5.41 Å². The van der Waals surface area contributed by atoms with E-state index in [4.69, 9.17) is 0 Å². The van der Waals surface area contributed by atoms with E-state index in [1.807, 2.05) is 18.2 Å². The zero-order valence-corrected chi connectivity index (χ0v) is 18.1. The molecule has 0 aromatic heterocycles. The van der Waals surface area contributed by atoms with E-state index in [1.54, 1.807) is 0 Å². The van der Waals surface area contributed by atoms with Crippen LogP contribution in [0.2, 0.25) is 0 Å². The first-order valence-corrected chi connectivity index (χ1v) is 10.5. The molecule has 0 radical (unpaired) electrons. The van der Waals surface area contributed by atoms with Crippen molar-refractivity contribution in [1.29, 1.82) is 0 Å². The minimum atomic E-state index is 0.160. The van der Waals surface area contributed by atoms with Gasteiger partial charge in [-0.15, -0.1) is 0 Å². The van der Waals surface area contributed by atoms with E-state index in [2.05, 4.69) is 70.1 Å². The van der Waals surface area contributed by atoms with E-state index in [1.165, 1.54) is 35.1 Å². The van der Waals surface area contributed by atoms with Gasteiger partial charge in [-0.1, -0.05) is 68.8 Å². The summed E-state index contributed by atoms with van der Waals surface area (Å²) in [6.07, 6.45) is 4.50. The third-order valence-corrected chi connectivity index (χ3v) is 5.87. The lowest BCUT2D eigenvalue weighted by atomic mass is 9.82. The molecule has 0 saturated carbocycles. The maximum Gasteiger partial charge on any atom is 0.123 e. The highest BCUT2D eigenvalue weighted by atomic mass is 16.3. The normalized spacial score (nSPS) is 18.4. The van der Waals surface area contributed by atoms with E-state index in [9.17, 15) is 5.11 Å². The summed E-state index contributed by atoms with van der Waals surface area (Å²) < 4.78 is 0. The summed E-state index contributed by atoms with van der Waals surface area (Å²) in [7, 11) is 4.26. The third-order valence-electron chi connectivity index (χ3n) is 5.87. The van der Waals surface area contributed by atoms with Crippen molar-refractivity contribution in [2.24, 2.45) is 0 Å². The van der Waals surface area contributed by atoms with E-state index >= 15 is 0 Å². The van der Waals surface area contributed by atoms with Crippen molar-refractivity contribution in [2.75, 3.05) is 20.6 Å². The maximum absolute atomic E-state index is 10.6. The molecule has 2 nitrogen and oxygen atoms in total. The highest BCUT2D eigenvalue weighted by Crippen LogP contribution is 2.42. The lowest BCUT2D eigenvalue weighted by molar-refractivity contribution is 0.438. The maximum atomic E-state index is 10.6. The van der Waals surface area contributed by atoms with Gasteiger partial charge in [0.1, 0.15) is 5.75 Å². The summed E-state index contributed by atoms with van der Waals surface area (Å²) in [5, 5.41) is 10.6. The summed E-state index contributed by atoms with van der Waals surface area (Å²) >= 11 is 0. The highest BCUT2D eigenvalue weighted by molar-refractivity contribution is 5.74. The van der Waals surface area contributed by atoms with Crippen molar-refractivity contribution in [3.8, 4) is 5.75 Å². The molecular formula is C26H35NO. The van der Waals surface area contributed by atoms with Crippen molar-refractivity contribution in [3.63, 3.8) is 0 Å². The minimum absolute atomic E-state index is 0.160. The van der Waals surface area contributed by atoms with Gasteiger partial charge in [0.25, 0.3) is 0 Å². The largest absolute Gasteiger partial charge is 0.507 e. The van der Waals surface area contributed by atoms with Crippen molar-refractivity contribution < 1.29 is 5.11 Å². The van der Waals surface area contributed by atoms with Gasteiger partial charge in [0.05, 0.1) is 0 Å². The predicted octanol–water partition coefficient (Wildman–Crippen LogP) is 6.36. The molecule has 1 aliphatic carbocycles. The molecule has 1 aliphatic rings. The summed E-state index contributed by atoms with van der Waals surface area (Å²) in [6.45, 7) is 7.80. The first kappa shape index (κ1) is 20.7. The first-order chi connectivity index (χ1) is 13.3. The summed E-state index contributed by atoms with van der Waals surface area (Å²) in [5.41, 5.74) is 6.82. The van der Waals surface area contributed by atoms with Crippen LogP contribution in [0.1, 0.15) is 69.1 Å². The Labute approximate surface area is 170 Å². The van der Waals surface area contributed by atoms with Gasteiger partial charge in [0.2, 0.25) is 0 Å². The number of hydrogen-bond acceptors (Lipinski definition) is 2. The Hall–Kier alpha value is -2.06. The molecule has 1 atom stereocenters. The van der Waals surface area contributed by atoms with Crippen LogP contribution in [-0.2, 0) is 5.41 Å². The summed E-state index contributed by atoms with van der Waals surface area (Å²) in [5.74, 6) is 0.898. The molecule has 1 N–H and O–H groups in total. The number of nitrogens with zero attached hydrogens (tertiary/aromatic N) is 1. The van der Waals surface area contributed by atoms with Crippen LogP contribution in [0.5, 0.6) is 5.75 Å². The van der Waals surface area contributed by atoms with Crippen LogP contribution < -0.4 is 0 Å². The number of likely N-dealkylation sites (N-methyl/N-ethyl adjacent to an activating group) is 1. The van der Waals surface area contributed by atoms with Crippen LogP contribution in [0.25, 0.3) is 5.57 Å². The van der Waals surface area contributed by atoms with E-state index < -0.39 is 0 Å². The monoisotopic (exact) mass is 377 g/mol. The van der Waals surface area contributed by atoms with Gasteiger partial charge >= 0.3 is 0 Å². The summed E-state index contributed by atoms with van der Waals surface area (Å²) in [6, 6.07) is 17.0. The SMILES string of the molecule is CN(C)CC1=C(c2ccccc2O)CC(c2cccc(C(C)(C)C)c2)CCC1.